The molecule has 3 rings (SSSR count). The fraction of sp³-hybridized carbons (Fsp3) is 0.368. The summed E-state index contributed by atoms with van der Waals surface area (Å²) in [5.74, 6) is -0.146. The average molecular weight is 310 g/mol. The number of rotatable bonds is 4. The number of pyridine rings is 1. The first-order valence-corrected chi connectivity index (χ1v) is 8.15. The Morgan fingerprint density at radius 2 is 2.00 bits per heavy atom. The van der Waals surface area contributed by atoms with Gasteiger partial charge in [0.25, 0.3) is 5.91 Å². The molecule has 120 valence electrons. The second-order valence-electron chi connectivity index (χ2n) is 6.13. The summed E-state index contributed by atoms with van der Waals surface area (Å²) in [5.41, 5.74) is 5.07. The third-order valence-corrected chi connectivity index (χ3v) is 4.47. The van der Waals surface area contributed by atoms with E-state index < -0.39 is 0 Å². The van der Waals surface area contributed by atoms with Crippen molar-refractivity contribution in [3.63, 3.8) is 0 Å². The fourth-order valence-corrected chi connectivity index (χ4v) is 3.04. The Hall–Kier alpha value is -2.20. The number of aryl methyl sites for hydroxylation is 2. The van der Waals surface area contributed by atoms with E-state index in [2.05, 4.69) is 28.5 Å². The number of nitrogens with zero attached hydrogens (tertiary/aromatic N) is 1. The third kappa shape index (κ3) is 3.59. The van der Waals surface area contributed by atoms with Gasteiger partial charge in [0, 0.05) is 6.20 Å². The molecule has 1 aliphatic rings. The molecule has 4 nitrogen and oxygen atoms in total. The van der Waals surface area contributed by atoms with E-state index in [1.54, 1.807) is 12.1 Å². The summed E-state index contributed by atoms with van der Waals surface area (Å²) in [7, 11) is 0. The van der Waals surface area contributed by atoms with Crippen molar-refractivity contribution >= 4 is 5.91 Å². The van der Waals surface area contributed by atoms with Gasteiger partial charge in [-0.2, -0.15) is 0 Å². The molecule has 4 heteroatoms. The quantitative estimate of drug-likeness (QED) is 0.912. The van der Waals surface area contributed by atoms with Crippen LogP contribution in [0.1, 0.15) is 58.5 Å². The van der Waals surface area contributed by atoms with Crippen molar-refractivity contribution in [3.8, 4) is 0 Å². The van der Waals surface area contributed by atoms with Crippen molar-refractivity contribution in [2.24, 2.45) is 0 Å². The maximum atomic E-state index is 12.3. The maximum absolute atomic E-state index is 12.3. The van der Waals surface area contributed by atoms with Gasteiger partial charge in [0.1, 0.15) is 0 Å². The van der Waals surface area contributed by atoms with Crippen LogP contribution in [0, 0.1) is 0 Å². The lowest BCUT2D eigenvalue weighted by molar-refractivity contribution is 0.0939. The number of aliphatic hydroxyl groups excluding tert-OH is 1. The zero-order valence-electron chi connectivity index (χ0n) is 13.4. The van der Waals surface area contributed by atoms with E-state index >= 15 is 0 Å². The molecule has 0 spiro atoms. The monoisotopic (exact) mass is 310 g/mol. The highest BCUT2D eigenvalue weighted by Gasteiger charge is 2.15. The van der Waals surface area contributed by atoms with E-state index in [1.807, 2.05) is 6.92 Å². The van der Waals surface area contributed by atoms with Crippen LogP contribution in [0.15, 0.2) is 36.5 Å². The van der Waals surface area contributed by atoms with Gasteiger partial charge in [-0.05, 0) is 61.4 Å². The molecular formula is C19H22N2O2. The number of benzene rings is 1. The molecule has 0 saturated heterocycles. The molecule has 0 aliphatic heterocycles. The van der Waals surface area contributed by atoms with Gasteiger partial charge in [-0.3, -0.25) is 9.78 Å². The molecule has 0 bridgehead atoms. The highest BCUT2D eigenvalue weighted by atomic mass is 16.3. The molecule has 1 atom stereocenters. The molecule has 23 heavy (non-hydrogen) atoms. The Balaban J connectivity index is 1.70. The van der Waals surface area contributed by atoms with E-state index in [0.29, 0.717) is 11.3 Å². The standard InChI is InChI=1S/C19H22N2O2/c1-13(15-7-6-14-4-2-3-5-16(14)10-15)21-19(23)17-8-9-18(12-22)20-11-17/h6-11,13,22H,2-5,12H2,1H3,(H,21,23)/t13-/m1/s1. The number of carbonyl (C=O) groups excluding carboxylic acids is 1. The molecular weight excluding hydrogens is 288 g/mol. The first-order valence-electron chi connectivity index (χ1n) is 8.15. The van der Waals surface area contributed by atoms with Crippen molar-refractivity contribution < 1.29 is 9.90 Å². The third-order valence-electron chi connectivity index (χ3n) is 4.47. The molecule has 1 aliphatic carbocycles. The van der Waals surface area contributed by atoms with Crippen LogP contribution in [-0.4, -0.2) is 16.0 Å². The minimum Gasteiger partial charge on any atom is -0.390 e. The van der Waals surface area contributed by atoms with Crippen LogP contribution >= 0.6 is 0 Å². The first-order chi connectivity index (χ1) is 11.2. The molecule has 0 fully saturated rings. The van der Waals surface area contributed by atoms with Crippen LogP contribution in [0.3, 0.4) is 0 Å². The van der Waals surface area contributed by atoms with Gasteiger partial charge in [0.05, 0.1) is 23.9 Å². The number of hydrogen-bond donors (Lipinski definition) is 2. The number of aromatic nitrogens is 1. The van der Waals surface area contributed by atoms with Gasteiger partial charge >= 0.3 is 0 Å². The number of hydrogen-bond acceptors (Lipinski definition) is 3. The van der Waals surface area contributed by atoms with Gasteiger partial charge in [0.2, 0.25) is 0 Å². The van der Waals surface area contributed by atoms with Crippen molar-refractivity contribution in [2.75, 3.05) is 0 Å². The molecule has 1 aromatic carbocycles. The van der Waals surface area contributed by atoms with E-state index in [9.17, 15) is 4.79 Å². The summed E-state index contributed by atoms with van der Waals surface area (Å²) >= 11 is 0. The highest BCUT2D eigenvalue weighted by Crippen LogP contribution is 2.24. The second-order valence-corrected chi connectivity index (χ2v) is 6.13. The van der Waals surface area contributed by atoms with Crippen molar-refractivity contribution in [2.45, 2.75) is 45.3 Å². The van der Waals surface area contributed by atoms with E-state index in [4.69, 9.17) is 5.11 Å². The lowest BCUT2D eigenvalue weighted by Crippen LogP contribution is -2.27. The van der Waals surface area contributed by atoms with Gasteiger partial charge in [-0.15, -0.1) is 0 Å². The predicted octanol–water partition coefficient (Wildman–Crippen LogP) is 2.94. The van der Waals surface area contributed by atoms with Crippen LogP contribution in [0.5, 0.6) is 0 Å². The number of amides is 1. The molecule has 0 radical (unpaired) electrons. The Morgan fingerprint density at radius 3 is 2.70 bits per heavy atom. The highest BCUT2D eigenvalue weighted by molar-refractivity contribution is 5.94. The molecule has 2 N–H and O–H groups in total. The zero-order chi connectivity index (χ0) is 16.2. The smallest absolute Gasteiger partial charge is 0.253 e. The van der Waals surface area contributed by atoms with E-state index in [0.717, 1.165) is 12.0 Å². The lowest BCUT2D eigenvalue weighted by Gasteiger charge is -2.20. The Bertz CT molecular complexity index is 695. The van der Waals surface area contributed by atoms with Gasteiger partial charge < -0.3 is 10.4 Å². The average Bonchev–Trinajstić information content (AvgIpc) is 2.61. The van der Waals surface area contributed by atoms with Crippen LogP contribution in [0.4, 0.5) is 0 Å². The SMILES string of the molecule is C[C@@H](NC(=O)c1ccc(CO)nc1)c1ccc2c(c1)CCCC2. The fourth-order valence-electron chi connectivity index (χ4n) is 3.04. The van der Waals surface area contributed by atoms with Crippen molar-refractivity contribution in [3.05, 3.63) is 64.5 Å². The maximum Gasteiger partial charge on any atom is 0.253 e. The normalized spacial score (nSPS) is 14.9. The number of carbonyl (C=O) groups is 1. The molecule has 2 aromatic rings. The van der Waals surface area contributed by atoms with Crippen LogP contribution in [0.2, 0.25) is 0 Å². The predicted molar refractivity (Wildman–Crippen MR) is 89.1 cm³/mol. The molecule has 0 saturated carbocycles. The topological polar surface area (TPSA) is 62.2 Å². The van der Waals surface area contributed by atoms with Crippen molar-refractivity contribution in [1.29, 1.82) is 0 Å². The van der Waals surface area contributed by atoms with Crippen molar-refractivity contribution in [1.82, 2.24) is 10.3 Å². The number of aliphatic hydroxyl groups is 1. The molecule has 1 aromatic heterocycles. The number of fused-ring (bicyclic) bond motifs is 1. The van der Waals surface area contributed by atoms with E-state index in [-0.39, 0.29) is 18.6 Å². The molecule has 0 unspecified atom stereocenters. The van der Waals surface area contributed by atoms with Crippen LogP contribution in [-0.2, 0) is 19.4 Å². The Kier molecular flexibility index (Phi) is 4.72. The van der Waals surface area contributed by atoms with E-state index in [1.165, 1.54) is 36.6 Å². The Morgan fingerprint density at radius 1 is 1.22 bits per heavy atom. The zero-order valence-corrected chi connectivity index (χ0v) is 13.4. The first kappa shape index (κ1) is 15.7. The van der Waals surface area contributed by atoms with Crippen LogP contribution in [0.25, 0.3) is 0 Å². The second kappa shape index (κ2) is 6.92. The lowest BCUT2D eigenvalue weighted by atomic mass is 9.89. The van der Waals surface area contributed by atoms with Crippen LogP contribution < -0.4 is 5.32 Å². The minimum absolute atomic E-state index is 0.0488. The largest absolute Gasteiger partial charge is 0.390 e. The summed E-state index contributed by atoms with van der Waals surface area (Å²) in [5, 5.41) is 12.0. The summed E-state index contributed by atoms with van der Waals surface area (Å²) in [4.78, 5) is 16.3. The van der Waals surface area contributed by atoms with Gasteiger partial charge in [-0.25, -0.2) is 0 Å². The summed E-state index contributed by atoms with van der Waals surface area (Å²) in [6.45, 7) is 1.88. The summed E-state index contributed by atoms with van der Waals surface area (Å²) in [6.07, 6.45) is 6.33. The Labute approximate surface area is 136 Å². The van der Waals surface area contributed by atoms with Gasteiger partial charge in [0.15, 0.2) is 0 Å². The molecule has 1 heterocycles. The van der Waals surface area contributed by atoms with Gasteiger partial charge in [-0.1, -0.05) is 18.2 Å². The molecule has 1 amide bonds. The minimum atomic E-state index is -0.146. The summed E-state index contributed by atoms with van der Waals surface area (Å²) < 4.78 is 0. The summed E-state index contributed by atoms with van der Waals surface area (Å²) in [6, 6.07) is 9.84. The number of nitrogens with one attached hydrogen (secondary N) is 1.